The Morgan fingerprint density at radius 2 is 1.89 bits per heavy atom. The van der Waals surface area contributed by atoms with E-state index in [2.05, 4.69) is 12.1 Å². The number of hydrogen-bond donors (Lipinski definition) is 1. The Labute approximate surface area is 114 Å². The lowest BCUT2D eigenvalue weighted by atomic mass is 10.2. The molecule has 102 valence electrons. The minimum absolute atomic E-state index is 0.0811. The van der Waals surface area contributed by atoms with E-state index in [0.717, 1.165) is 23.4 Å². The highest BCUT2D eigenvalue weighted by atomic mass is 32.2. The molecule has 1 rings (SSSR count). The molecular weight excluding hydrogens is 246 g/mol. The number of rotatable bonds is 8. The number of nitrogens with two attached hydrogens (primary N) is 1. The molecule has 0 spiro atoms. The summed E-state index contributed by atoms with van der Waals surface area (Å²) in [5.74, 6) is 0.980. The van der Waals surface area contributed by atoms with Gasteiger partial charge in [0.1, 0.15) is 0 Å². The summed E-state index contributed by atoms with van der Waals surface area (Å²) < 4.78 is 11.0. The maximum absolute atomic E-state index is 5.80. The van der Waals surface area contributed by atoms with Crippen LogP contribution < -0.4 is 5.73 Å². The Bertz CT molecular complexity index is 352. The van der Waals surface area contributed by atoms with Crippen LogP contribution in [0, 0.1) is 6.92 Å². The second-order valence-electron chi connectivity index (χ2n) is 4.00. The second-order valence-corrected chi connectivity index (χ2v) is 5.16. The van der Waals surface area contributed by atoms with Crippen molar-refractivity contribution in [2.24, 2.45) is 0 Å². The van der Waals surface area contributed by atoms with E-state index in [1.54, 1.807) is 0 Å². The van der Waals surface area contributed by atoms with Gasteiger partial charge in [-0.05, 0) is 44.5 Å². The molecule has 0 heterocycles. The molecule has 0 unspecified atom stereocenters. The van der Waals surface area contributed by atoms with Gasteiger partial charge in [0.05, 0.1) is 0 Å². The Morgan fingerprint density at radius 3 is 2.44 bits per heavy atom. The van der Waals surface area contributed by atoms with Crippen molar-refractivity contribution >= 4 is 17.4 Å². The summed E-state index contributed by atoms with van der Waals surface area (Å²) >= 11 is 1.81. The Kier molecular flexibility index (Phi) is 7.16. The van der Waals surface area contributed by atoms with Crippen LogP contribution in [-0.2, 0) is 9.47 Å². The lowest BCUT2D eigenvalue weighted by molar-refractivity contribution is -0.136. The molecule has 0 aliphatic rings. The van der Waals surface area contributed by atoms with Crippen molar-refractivity contribution in [3.05, 3.63) is 23.8 Å². The van der Waals surface area contributed by atoms with E-state index in [4.69, 9.17) is 15.2 Å². The van der Waals surface area contributed by atoms with Gasteiger partial charge in [0.25, 0.3) is 0 Å². The van der Waals surface area contributed by atoms with Gasteiger partial charge in [-0.3, -0.25) is 0 Å². The topological polar surface area (TPSA) is 44.5 Å². The highest BCUT2D eigenvalue weighted by Crippen LogP contribution is 2.23. The number of hydrogen-bond acceptors (Lipinski definition) is 4. The maximum Gasteiger partial charge on any atom is 0.158 e. The van der Waals surface area contributed by atoms with Gasteiger partial charge in [-0.15, -0.1) is 11.8 Å². The van der Waals surface area contributed by atoms with E-state index in [9.17, 15) is 0 Å². The zero-order valence-corrected chi connectivity index (χ0v) is 12.3. The third-order valence-corrected chi connectivity index (χ3v) is 3.60. The van der Waals surface area contributed by atoms with E-state index < -0.39 is 0 Å². The summed E-state index contributed by atoms with van der Waals surface area (Å²) in [6.45, 7) is 7.39. The van der Waals surface area contributed by atoms with Crippen LogP contribution >= 0.6 is 11.8 Å². The molecule has 4 heteroatoms. The third kappa shape index (κ3) is 5.29. The van der Waals surface area contributed by atoms with E-state index in [1.165, 1.54) is 4.90 Å². The highest BCUT2D eigenvalue weighted by Gasteiger charge is 2.07. The number of aryl methyl sites for hydroxylation is 1. The van der Waals surface area contributed by atoms with Crippen LogP contribution in [-0.4, -0.2) is 25.3 Å². The van der Waals surface area contributed by atoms with Crippen LogP contribution in [0.25, 0.3) is 0 Å². The van der Waals surface area contributed by atoms with Gasteiger partial charge in [0.15, 0.2) is 6.29 Å². The summed E-state index contributed by atoms with van der Waals surface area (Å²) in [4.78, 5) is 1.24. The van der Waals surface area contributed by atoms with Crippen LogP contribution in [0.5, 0.6) is 0 Å². The molecule has 2 N–H and O–H groups in total. The molecule has 1 aromatic rings. The average molecular weight is 269 g/mol. The molecule has 0 aromatic heterocycles. The van der Waals surface area contributed by atoms with Gasteiger partial charge in [-0.25, -0.2) is 0 Å². The second kappa shape index (κ2) is 8.40. The molecule has 1 aromatic carbocycles. The summed E-state index contributed by atoms with van der Waals surface area (Å²) in [7, 11) is 0. The molecule has 0 amide bonds. The van der Waals surface area contributed by atoms with Crippen LogP contribution in [0.2, 0.25) is 0 Å². The summed E-state index contributed by atoms with van der Waals surface area (Å²) in [6, 6.07) is 6.14. The molecule has 0 fully saturated rings. The lowest BCUT2D eigenvalue weighted by Gasteiger charge is -2.16. The predicted molar refractivity (Wildman–Crippen MR) is 78.0 cm³/mol. The first kappa shape index (κ1) is 15.3. The van der Waals surface area contributed by atoms with Crippen molar-refractivity contribution in [3.8, 4) is 0 Å². The van der Waals surface area contributed by atoms with Crippen LogP contribution in [0.4, 0.5) is 5.69 Å². The van der Waals surface area contributed by atoms with Gasteiger partial charge in [-0.1, -0.05) is 0 Å². The maximum atomic E-state index is 5.80. The number of anilines is 1. The van der Waals surface area contributed by atoms with Gasteiger partial charge < -0.3 is 15.2 Å². The molecule has 0 aliphatic heterocycles. The number of benzene rings is 1. The van der Waals surface area contributed by atoms with Crippen molar-refractivity contribution in [1.29, 1.82) is 0 Å². The largest absolute Gasteiger partial charge is 0.399 e. The van der Waals surface area contributed by atoms with Crippen molar-refractivity contribution < 1.29 is 9.47 Å². The first-order valence-corrected chi connectivity index (χ1v) is 7.38. The SMILES string of the molecule is CCOC(CCSc1ccc(N)c(C)c1)OCC. The molecule has 3 nitrogen and oxygen atoms in total. The highest BCUT2D eigenvalue weighted by molar-refractivity contribution is 7.99. The Hall–Kier alpha value is -0.710. The van der Waals surface area contributed by atoms with E-state index >= 15 is 0 Å². The fourth-order valence-corrected chi connectivity index (χ4v) is 2.57. The quantitative estimate of drug-likeness (QED) is 0.446. The Balaban J connectivity index is 2.37. The van der Waals surface area contributed by atoms with Crippen LogP contribution in [0.3, 0.4) is 0 Å². The molecular formula is C14H23NO2S. The smallest absolute Gasteiger partial charge is 0.158 e. The van der Waals surface area contributed by atoms with Gasteiger partial charge >= 0.3 is 0 Å². The Morgan fingerprint density at radius 1 is 1.22 bits per heavy atom. The monoisotopic (exact) mass is 269 g/mol. The minimum atomic E-state index is -0.0811. The molecule has 18 heavy (non-hydrogen) atoms. The number of thioether (sulfide) groups is 1. The summed E-state index contributed by atoms with van der Waals surface area (Å²) in [5, 5.41) is 0. The molecule has 0 aliphatic carbocycles. The fraction of sp³-hybridized carbons (Fsp3) is 0.571. The molecule has 0 bridgehead atoms. The van der Waals surface area contributed by atoms with Crippen LogP contribution in [0.15, 0.2) is 23.1 Å². The summed E-state index contributed by atoms with van der Waals surface area (Å²) in [5.41, 5.74) is 7.77. The molecule has 0 atom stereocenters. The van der Waals surface area contributed by atoms with Gasteiger partial charge in [-0.2, -0.15) is 0 Å². The van der Waals surface area contributed by atoms with E-state index in [0.29, 0.717) is 13.2 Å². The van der Waals surface area contributed by atoms with Gasteiger partial charge in [0.2, 0.25) is 0 Å². The third-order valence-electron chi connectivity index (χ3n) is 2.57. The average Bonchev–Trinajstić information content (AvgIpc) is 2.34. The van der Waals surface area contributed by atoms with Crippen molar-refractivity contribution in [2.45, 2.75) is 38.4 Å². The van der Waals surface area contributed by atoms with Crippen molar-refractivity contribution in [2.75, 3.05) is 24.7 Å². The van der Waals surface area contributed by atoms with E-state index in [1.807, 2.05) is 38.6 Å². The van der Waals surface area contributed by atoms with Gasteiger partial charge in [0, 0.05) is 36.0 Å². The molecule has 0 radical (unpaired) electrons. The standard InChI is InChI=1S/C14H23NO2S/c1-4-16-14(17-5-2)8-9-18-12-6-7-13(15)11(3)10-12/h6-7,10,14H,4-5,8-9,15H2,1-3H3. The van der Waals surface area contributed by atoms with Crippen molar-refractivity contribution in [3.63, 3.8) is 0 Å². The van der Waals surface area contributed by atoms with Crippen LogP contribution in [0.1, 0.15) is 25.8 Å². The van der Waals surface area contributed by atoms with Crippen molar-refractivity contribution in [1.82, 2.24) is 0 Å². The van der Waals surface area contributed by atoms with E-state index in [-0.39, 0.29) is 6.29 Å². The predicted octanol–water partition coefficient (Wildman–Crippen LogP) is 3.46. The molecule has 0 saturated heterocycles. The fourth-order valence-electron chi connectivity index (χ4n) is 1.60. The number of ether oxygens (including phenoxy) is 2. The normalized spacial score (nSPS) is 11.1. The zero-order chi connectivity index (χ0) is 13.4. The minimum Gasteiger partial charge on any atom is -0.399 e. The summed E-state index contributed by atoms with van der Waals surface area (Å²) in [6.07, 6.45) is 0.817. The first-order valence-electron chi connectivity index (χ1n) is 6.39. The zero-order valence-electron chi connectivity index (χ0n) is 11.4. The lowest BCUT2D eigenvalue weighted by Crippen LogP contribution is -2.18. The molecule has 0 saturated carbocycles. The number of nitrogen functional groups attached to an aromatic ring is 1. The first-order chi connectivity index (χ1) is 8.67.